The fourth-order valence-electron chi connectivity index (χ4n) is 2.22. The molecule has 122 valence electrons. The summed E-state index contributed by atoms with van der Waals surface area (Å²) in [6.07, 6.45) is 1.57. The second kappa shape index (κ2) is 7.06. The number of aliphatic hydroxyl groups excluding tert-OH is 1. The Bertz CT molecular complexity index is 856. The second-order valence-corrected chi connectivity index (χ2v) is 5.14. The highest BCUT2D eigenvalue weighted by Crippen LogP contribution is 2.16. The van der Waals surface area contributed by atoms with Gasteiger partial charge < -0.3 is 14.8 Å². The molecule has 0 bridgehead atoms. The Kier molecular flexibility index (Phi) is 4.67. The van der Waals surface area contributed by atoms with Gasteiger partial charge in [0, 0.05) is 24.3 Å². The minimum atomic E-state index is -1.12. The van der Waals surface area contributed by atoms with Gasteiger partial charge in [-0.25, -0.2) is 9.37 Å². The van der Waals surface area contributed by atoms with Crippen LogP contribution < -0.4 is 5.32 Å². The highest BCUT2D eigenvalue weighted by atomic mass is 19.1. The van der Waals surface area contributed by atoms with E-state index in [1.165, 1.54) is 30.4 Å². The van der Waals surface area contributed by atoms with E-state index in [-0.39, 0.29) is 12.1 Å². The predicted octanol–water partition coefficient (Wildman–Crippen LogP) is 2.83. The fourth-order valence-corrected chi connectivity index (χ4v) is 2.22. The summed E-state index contributed by atoms with van der Waals surface area (Å²) in [7, 11) is 0. The maximum Gasteiger partial charge on any atom is 0.244 e. The van der Waals surface area contributed by atoms with Crippen LogP contribution in [-0.2, 0) is 4.79 Å². The Morgan fingerprint density at radius 1 is 1.25 bits per heavy atom. The van der Waals surface area contributed by atoms with E-state index in [2.05, 4.69) is 10.3 Å². The molecular weight excluding hydrogens is 311 g/mol. The SMILES string of the molecule is O=C(/C=C/c1nc2ccccc2o1)NCC(O)c1ccccc1F. The van der Waals surface area contributed by atoms with Gasteiger partial charge in [0.15, 0.2) is 5.58 Å². The standard InChI is InChI=1S/C18H15FN2O3/c19-13-6-2-1-5-12(13)15(22)11-20-17(23)9-10-18-21-14-7-3-4-8-16(14)24-18/h1-10,15,22H,11H2,(H,20,23)/b10-9+. The molecule has 3 rings (SSSR count). The minimum Gasteiger partial charge on any atom is -0.437 e. The molecule has 1 atom stereocenters. The van der Waals surface area contributed by atoms with Crippen LogP contribution in [0.1, 0.15) is 17.6 Å². The highest BCUT2D eigenvalue weighted by molar-refractivity contribution is 5.91. The molecule has 2 N–H and O–H groups in total. The van der Waals surface area contributed by atoms with Gasteiger partial charge in [0.2, 0.25) is 11.8 Å². The quantitative estimate of drug-likeness (QED) is 0.707. The predicted molar refractivity (Wildman–Crippen MR) is 87.4 cm³/mol. The second-order valence-electron chi connectivity index (χ2n) is 5.14. The molecule has 5 nitrogen and oxygen atoms in total. The summed E-state index contributed by atoms with van der Waals surface area (Å²) in [5, 5.41) is 12.4. The Hall–Kier alpha value is -2.99. The molecule has 1 unspecified atom stereocenters. The van der Waals surface area contributed by atoms with Gasteiger partial charge in [0.25, 0.3) is 0 Å². The van der Waals surface area contributed by atoms with Crippen LogP contribution in [0, 0.1) is 5.82 Å². The van der Waals surface area contributed by atoms with Gasteiger partial charge in [-0.05, 0) is 18.2 Å². The van der Waals surface area contributed by atoms with Crippen LogP contribution in [-0.4, -0.2) is 22.5 Å². The molecule has 1 heterocycles. The first-order valence-corrected chi connectivity index (χ1v) is 7.37. The van der Waals surface area contributed by atoms with Gasteiger partial charge in [0.1, 0.15) is 11.3 Å². The summed E-state index contributed by atoms with van der Waals surface area (Å²) >= 11 is 0. The lowest BCUT2D eigenvalue weighted by atomic mass is 10.1. The number of hydrogen-bond donors (Lipinski definition) is 2. The number of rotatable bonds is 5. The van der Waals surface area contributed by atoms with Crippen molar-refractivity contribution < 1.29 is 18.7 Å². The van der Waals surface area contributed by atoms with Gasteiger partial charge >= 0.3 is 0 Å². The molecule has 0 radical (unpaired) electrons. The number of fused-ring (bicyclic) bond motifs is 1. The summed E-state index contributed by atoms with van der Waals surface area (Å²) in [6, 6.07) is 13.1. The molecular formula is C18H15FN2O3. The van der Waals surface area contributed by atoms with Gasteiger partial charge in [-0.15, -0.1) is 0 Å². The van der Waals surface area contributed by atoms with Crippen LogP contribution in [0.3, 0.4) is 0 Å². The van der Waals surface area contributed by atoms with Crippen LogP contribution >= 0.6 is 0 Å². The Balaban J connectivity index is 1.58. The third-order valence-corrected chi connectivity index (χ3v) is 3.42. The highest BCUT2D eigenvalue weighted by Gasteiger charge is 2.12. The number of aromatic nitrogens is 1. The summed E-state index contributed by atoms with van der Waals surface area (Å²) in [4.78, 5) is 16.0. The lowest BCUT2D eigenvalue weighted by Crippen LogP contribution is -2.27. The zero-order chi connectivity index (χ0) is 16.9. The van der Waals surface area contributed by atoms with Crippen LogP contribution in [0.4, 0.5) is 4.39 Å². The van der Waals surface area contributed by atoms with E-state index >= 15 is 0 Å². The van der Waals surface area contributed by atoms with Crippen molar-refractivity contribution in [2.24, 2.45) is 0 Å². The lowest BCUT2D eigenvalue weighted by Gasteiger charge is -2.11. The molecule has 24 heavy (non-hydrogen) atoms. The Morgan fingerprint density at radius 2 is 2.00 bits per heavy atom. The van der Waals surface area contributed by atoms with Crippen molar-refractivity contribution in [1.29, 1.82) is 0 Å². The molecule has 6 heteroatoms. The summed E-state index contributed by atoms with van der Waals surface area (Å²) in [6.45, 7) is -0.0995. The topological polar surface area (TPSA) is 75.4 Å². The van der Waals surface area contributed by atoms with Crippen LogP contribution in [0.25, 0.3) is 17.2 Å². The number of hydrogen-bond acceptors (Lipinski definition) is 4. The van der Waals surface area contributed by atoms with Crippen LogP contribution in [0.5, 0.6) is 0 Å². The normalized spacial score (nSPS) is 12.6. The van der Waals surface area contributed by atoms with E-state index in [4.69, 9.17) is 4.42 Å². The Labute approximate surface area is 137 Å². The van der Waals surface area contributed by atoms with Gasteiger partial charge in [-0.1, -0.05) is 30.3 Å². The number of benzene rings is 2. The van der Waals surface area contributed by atoms with E-state index < -0.39 is 17.8 Å². The molecule has 0 saturated heterocycles. The molecule has 0 aliphatic carbocycles. The number of aliphatic hydroxyl groups is 1. The monoisotopic (exact) mass is 326 g/mol. The average Bonchev–Trinajstić information content (AvgIpc) is 3.01. The van der Waals surface area contributed by atoms with Crippen molar-refractivity contribution in [3.8, 4) is 0 Å². The lowest BCUT2D eigenvalue weighted by molar-refractivity contribution is -0.116. The van der Waals surface area contributed by atoms with Gasteiger partial charge in [0.05, 0.1) is 6.10 Å². The average molecular weight is 326 g/mol. The molecule has 2 aromatic carbocycles. The number of para-hydroxylation sites is 2. The molecule has 0 saturated carbocycles. The van der Waals surface area contributed by atoms with Gasteiger partial charge in [-0.3, -0.25) is 4.79 Å². The molecule has 1 amide bonds. The van der Waals surface area contributed by atoms with Crippen molar-refractivity contribution in [3.63, 3.8) is 0 Å². The smallest absolute Gasteiger partial charge is 0.244 e. The van der Waals surface area contributed by atoms with Crippen LogP contribution in [0.15, 0.2) is 59.0 Å². The molecule has 0 spiro atoms. The number of nitrogens with one attached hydrogen (secondary N) is 1. The molecule has 3 aromatic rings. The number of amides is 1. The first kappa shape index (κ1) is 15.9. The zero-order valence-electron chi connectivity index (χ0n) is 12.6. The van der Waals surface area contributed by atoms with Crippen molar-refractivity contribution in [3.05, 3.63) is 71.9 Å². The van der Waals surface area contributed by atoms with Crippen LogP contribution in [0.2, 0.25) is 0 Å². The van der Waals surface area contributed by atoms with Gasteiger partial charge in [-0.2, -0.15) is 0 Å². The first-order chi connectivity index (χ1) is 11.6. The van der Waals surface area contributed by atoms with Crippen molar-refractivity contribution in [1.82, 2.24) is 10.3 Å². The number of nitrogens with zero attached hydrogens (tertiary/aromatic N) is 1. The number of halogens is 1. The van der Waals surface area contributed by atoms with Crippen molar-refractivity contribution in [2.75, 3.05) is 6.54 Å². The summed E-state index contributed by atoms with van der Waals surface area (Å²) in [5.74, 6) is -0.644. The van der Waals surface area contributed by atoms with E-state index in [0.717, 1.165) is 0 Å². The Morgan fingerprint density at radius 3 is 2.79 bits per heavy atom. The van der Waals surface area contributed by atoms with Crippen molar-refractivity contribution >= 4 is 23.1 Å². The molecule has 1 aromatic heterocycles. The van der Waals surface area contributed by atoms with Crippen molar-refractivity contribution in [2.45, 2.75) is 6.10 Å². The third kappa shape index (κ3) is 3.67. The maximum absolute atomic E-state index is 13.5. The first-order valence-electron chi connectivity index (χ1n) is 7.37. The molecule has 0 aliphatic heterocycles. The van der Waals surface area contributed by atoms with E-state index in [1.54, 1.807) is 18.2 Å². The fraction of sp³-hybridized carbons (Fsp3) is 0.111. The minimum absolute atomic E-state index is 0.0995. The molecule has 0 fully saturated rings. The zero-order valence-corrected chi connectivity index (χ0v) is 12.6. The largest absolute Gasteiger partial charge is 0.437 e. The number of oxazole rings is 1. The number of carbonyl (C=O) groups excluding carboxylic acids is 1. The third-order valence-electron chi connectivity index (χ3n) is 3.42. The number of carbonyl (C=O) groups is 1. The maximum atomic E-state index is 13.5. The van der Waals surface area contributed by atoms with E-state index in [0.29, 0.717) is 17.0 Å². The summed E-state index contributed by atoms with van der Waals surface area (Å²) in [5.41, 5.74) is 1.47. The van der Waals surface area contributed by atoms with E-state index in [9.17, 15) is 14.3 Å². The molecule has 0 aliphatic rings. The summed E-state index contributed by atoms with van der Waals surface area (Å²) < 4.78 is 19.0. The van der Waals surface area contributed by atoms with E-state index in [1.807, 2.05) is 12.1 Å².